The van der Waals surface area contributed by atoms with Crippen molar-refractivity contribution in [1.82, 2.24) is 5.32 Å². The predicted octanol–water partition coefficient (Wildman–Crippen LogP) is 1.89. The highest BCUT2D eigenvalue weighted by Gasteiger charge is 2.13. The van der Waals surface area contributed by atoms with Crippen LogP contribution in [0.25, 0.3) is 0 Å². The van der Waals surface area contributed by atoms with Gasteiger partial charge in [0.25, 0.3) is 0 Å². The van der Waals surface area contributed by atoms with Crippen molar-refractivity contribution in [3.63, 3.8) is 0 Å². The summed E-state index contributed by atoms with van der Waals surface area (Å²) >= 11 is 0. The van der Waals surface area contributed by atoms with Gasteiger partial charge in [0, 0.05) is 18.8 Å². The molecular formula is C15H20N2O2. The van der Waals surface area contributed by atoms with Crippen LogP contribution in [0.5, 0.6) is 0 Å². The zero-order valence-electron chi connectivity index (χ0n) is 11.3. The van der Waals surface area contributed by atoms with Crippen molar-refractivity contribution >= 4 is 11.6 Å². The molecular weight excluding hydrogens is 240 g/mol. The second kappa shape index (κ2) is 6.38. The summed E-state index contributed by atoms with van der Waals surface area (Å²) in [5.74, 6) is -0.149. The Hall–Kier alpha value is -1.81. The molecule has 1 aliphatic rings. The van der Waals surface area contributed by atoms with E-state index in [1.165, 1.54) is 11.8 Å². The van der Waals surface area contributed by atoms with Gasteiger partial charge in [-0.15, -0.1) is 0 Å². The van der Waals surface area contributed by atoms with Crippen molar-refractivity contribution in [2.45, 2.75) is 13.0 Å². The largest absolute Gasteiger partial charge is 0.378 e. The minimum absolute atomic E-state index is 0.0218. The number of rotatable bonds is 4. The number of hydrogen-bond acceptors (Lipinski definition) is 3. The van der Waals surface area contributed by atoms with Crippen molar-refractivity contribution in [3.05, 3.63) is 42.5 Å². The van der Waals surface area contributed by atoms with Gasteiger partial charge in [0.15, 0.2) is 0 Å². The van der Waals surface area contributed by atoms with Gasteiger partial charge in [-0.25, -0.2) is 0 Å². The Balaban J connectivity index is 2.09. The third-order valence-corrected chi connectivity index (χ3v) is 3.29. The summed E-state index contributed by atoms with van der Waals surface area (Å²) in [7, 11) is 0. The monoisotopic (exact) mass is 260 g/mol. The molecule has 1 aromatic rings. The lowest BCUT2D eigenvalue weighted by Gasteiger charge is -2.29. The zero-order chi connectivity index (χ0) is 13.7. The summed E-state index contributed by atoms with van der Waals surface area (Å²) in [5, 5.41) is 2.88. The summed E-state index contributed by atoms with van der Waals surface area (Å²) in [6.45, 7) is 8.80. The van der Waals surface area contributed by atoms with Crippen LogP contribution >= 0.6 is 0 Å². The van der Waals surface area contributed by atoms with Gasteiger partial charge in [0.1, 0.15) is 0 Å². The number of nitrogens with one attached hydrogen (secondary N) is 1. The normalized spacial score (nSPS) is 16.8. The van der Waals surface area contributed by atoms with Gasteiger partial charge in [0.05, 0.1) is 19.3 Å². The predicted molar refractivity (Wildman–Crippen MR) is 76.2 cm³/mol. The number of ether oxygens (including phenoxy) is 1. The molecule has 4 nitrogen and oxygen atoms in total. The molecule has 102 valence electrons. The zero-order valence-corrected chi connectivity index (χ0v) is 11.3. The van der Waals surface area contributed by atoms with Gasteiger partial charge in [-0.3, -0.25) is 4.79 Å². The molecule has 2 rings (SSSR count). The van der Waals surface area contributed by atoms with E-state index in [0.717, 1.165) is 31.9 Å². The lowest BCUT2D eigenvalue weighted by Crippen LogP contribution is -2.36. The molecule has 0 aliphatic carbocycles. The minimum atomic E-state index is -0.149. The number of nitrogens with zero attached hydrogens (tertiary/aromatic N) is 1. The fraction of sp³-hybridized carbons (Fsp3) is 0.400. The summed E-state index contributed by atoms with van der Waals surface area (Å²) < 4.78 is 5.36. The smallest absolute Gasteiger partial charge is 0.243 e. The number of benzene rings is 1. The third kappa shape index (κ3) is 3.58. The second-order valence-corrected chi connectivity index (χ2v) is 4.63. The number of amides is 1. The van der Waals surface area contributed by atoms with Crippen LogP contribution in [-0.2, 0) is 9.53 Å². The topological polar surface area (TPSA) is 41.6 Å². The highest BCUT2D eigenvalue weighted by atomic mass is 16.5. The number of carbonyl (C=O) groups is 1. The highest BCUT2D eigenvalue weighted by molar-refractivity contribution is 5.87. The molecule has 1 amide bonds. The molecule has 19 heavy (non-hydrogen) atoms. The fourth-order valence-electron chi connectivity index (χ4n) is 2.17. The Labute approximate surface area is 114 Å². The molecule has 1 heterocycles. The molecule has 1 saturated heterocycles. The van der Waals surface area contributed by atoms with E-state index >= 15 is 0 Å². The Bertz CT molecular complexity index is 453. The molecule has 4 heteroatoms. The van der Waals surface area contributed by atoms with Gasteiger partial charge < -0.3 is 15.0 Å². The van der Waals surface area contributed by atoms with E-state index in [2.05, 4.69) is 28.9 Å². The first-order valence-electron chi connectivity index (χ1n) is 6.56. The summed E-state index contributed by atoms with van der Waals surface area (Å²) in [4.78, 5) is 13.6. The summed E-state index contributed by atoms with van der Waals surface area (Å²) in [6, 6.07) is 8.25. The number of morpholine rings is 1. The van der Waals surface area contributed by atoms with E-state index in [4.69, 9.17) is 4.74 Å². The molecule has 0 bridgehead atoms. The third-order valence-electron chi connectivity index (χ3n) is 3.29. The van der Waals surface area contributed by atoms with Crippen molar-refractivity contribution in [3.8, 4) is 0 Å². The average Bonchev–Trinajstić information content (AvgIpc) is 2.48. The quantitative estimate of drug-likeness (QED) is 0.841. The lowest BCUT2D eigenvalue weighted by molar-refractivity contribution is -0.117. The Morgan fingerprint density at radius 2 is 2.21 bits per heavy atom. The molecule has 1 atom stereocenters. The van der Waals surface area contributed by atoms with Crippen LogP contribution in [0.2, 0.25) is 0 Å². The minimum Gasteiger partial charge on any atom is -0.378 e. The number of anilines is 1. The van der Waals surface area contributed by atoms with Gasteiger partial charge in [-0.1, -0.05) is 18.7 Å². The van der Waals surface area contributed by atoms with Gasteiger partial charge in [-0.2, -0.15) is 0 Å². The van der Waals surface area contributed by atoms with Crippen LogP contribution in [0.3, 0.4) is 0 Å². The Morgan fingerprint density at radius 3 is 2.89 bits per heavy atom. The summed E-state index contributed by atoms with van der Waals surface area (Å²) in [5.41, 5.74) is 2.28. The highest BCUT2D eigenvalue weighted by Crippen LogP contribution is 2.21. The summed E-state index contributed by atoms with van der Waals surface area (Å²) in [6.07, 6.45) is 1.29. The van der Waals surface area contributed by atoms with Crippen LogP contribution in [0.4, 0.5) is 5.69 Å². The Kier molecular flexibility index (Phi) is 4.58. The molecule has 1 fully saturated rings. The number of hydrogen-bond donors (Lipinski definition) is 1. The van der Waals surface area contributed by atoms with E-state index in [-0.39, 0.29) is 11.9 Å². The standard InChI is InChI=1S/C15H20N2O2/c1-3-15(18)16-12(2)13-5-4-6-14(11-13)17-7-9-19-10-8-17/h3-6,11-12H,1,7-10H2,2H3,(H,16,18). The second-order valence-electron chi connectivity index (χ2n) is 4.63. The SMILES string of the molecule is C=CC(=O)NC(C)c1cccc(N2CCOCC2)c1. The first-order valence-corrected chi connectivity index (χ1v) is 6.56. The van der Waals surface area contributed by atoms with Gasteiger partial charge in [0.2, 0.25) is 5.91 Å². The Morgan fingerprint density at radius 1 is 1.47 bits per heavy atom. The first kappa shape index (κ1) is 13.6. The molecule has 1 aliphatic heterocycles. The van der Waals surface area contributed by atoms with Crippen molar-refractivity contribution in [2.75, 3.05) is 31.2 Å². The molecule has 1 N–H and O–H groups in total. The van der Waals surface area contributed by atoms with Gasteiger partial charge in [-0.05, 0) is 30.7 Å². The van der Waals surface area contributed by atoms with E-state index in [9.17, 15) is 4.79 Å². The average molecular weight is 260 g/mol. The van der Waals surface area contributed by atoms with Crippen molar-refractivity contribution in [2.24, 2.45) is 0 Å². The molecule has 1 aromatic carbocycles. The van der Waals surface area contributed by atoms with E-state index in [1.807, 2.05) is 19.1 Å². The van der Waals surface area contributed by atoms with Crippen LogP contribution in [0.1, 0.15) is 18.5 Å². The molecule has 0 saturated carbocycles. The fourth-order valence-corrected chi connectivity index (χ4v) is 2.17. The van der Waals surface area contributed by atoms with Gasteiger partial charge >= 0.3 is 0 Å². The maximum Gasteiger partial charge on any atom is 0.243 e. The van der Waals surface area contributed by atoms with E-state index < -0.39 is 0 Å². The molecule has 1 unspecified atom stereocenters. The first-order chi connectivity index (χ1) is 9.20. The van der Waals surface area contributed by atoms with E-state index in [0.29, 0.717) is 0 Å². The maximum absolute atomic E-state index is 11.3. The van der Waals surface area contributed by atoms with Crippen LogP contribution in [0.15, 0.2) is 36.9 Å². The van der Waals surface area contributed by atoms with Crippen LogP contribution in [-0.4, -0.2) is 32.2 Å². The van der Waals surface area contributed by atoms with Crippen LogP contribution < -0.4 is 10.2 Å². The molecule has 0 radical (unpaired) electrons. The van der Waals surface area contributed by atoms with Crippen molar-refractivity contribution < 1.29 is 9.53 Å². The molecule has 0 spiro atoms. The maximum atomic E-state index is 11.3. The molecule has 0 aromatic heterocycles. The van der Waals surface area contributed by atoms with E-state index in [1.54, 1.807) is 0 Å². The lowest BCUT2D eigenvalue weighted by atomic mass is 10.1. The number of carbonyl (C=O) groups excluding carboxylic acids is 1. The van der Waals surface area contributed by atoms with Crippen molar-refractivity contribution in [1.29, 1.82) is 0 Å². The van der Waals surface area contributed by atoms with Crippen LogP contribution in [0, 0.1) is 0 Å².